The van der Waals surface area contributed by atoms with Gasteiger partial charge in [-0.2, -0.15) is 5.26 Å². The molecule has 0 bridgehead atoms. The standard InChI is InChI=1S/C12H13ClN2O2/c1-16-9-2-3-11(10(13)4-9)15-6-12(5-14)7-17-8-12/h2-4,15H,6-8H2,1H3. The summed E-state index contributed by atoms with van der Waals surface area (Å²) in [4.78, 5) is 0. The molecule has 5 heteroatoms. The topological polar surface area (TPSA) is 54.3 Å². The van der Waals surface area contributed by atoms with E-state index in [2.05, 4.69) is 11.4 Å². The molecule has 1 aliphatic heterocycles. The number of anilines is 1. The van der Waals surface area contributed by atoms with Gasteiger partial charge in [0.25, 0.3) is 0 Å². The maximum Gasteiger partial charge on any atom is 0.121 e. The molecule has 0 radical (unpaired) electrons. The number of rotatable bonds is 4. The fourth-order valence-electron chi connectivity index (χ4n) is 1.59. The van der Waals surface area contributed by atoms with Crippen LogP contribution < -0.4 is 10.1 Å². The fraction of sp³-hybridized carbons (Fsp3) is 0.417. The van der Waals surface area contributed by atoms with E-state index in [1.807, 2.05) is 12.1 Å². The van der Waals surface area contributed by atoms with E-state index in [-0.39, 0.29) is 0 Å². The van der Waals surface area contributed by atoms with E-state index in [1.165, 1.54) is 0 Å². The van der Waals surface area contributed by atoms with Crippen molar-refractivity contribution >= 4 is 17.3 Å². The summed E-state index contributed by atoms with van der Waals surface area (Å²) >= 11 is 6.08. The Balaban J connectivity index is 2.02. The Kier molecular flexibility index (Phi) is 3.41. The van der Waals surface area contributed by atoms with Gasteiger partial charge in [0.2, 0.25) is 0 Å². The fourth-order valence-corrected chi connectivity index (χ4v) is 1.82. The SMILES string of the molecule is COc1ccc(NCC2(C#N)COC2)c(Cl)c1. The first-order chi connectivity index (χ1) is 8.19. The van der Waals surface area contributed by atoms with Crippen molar-refractivity contribution in [1.29, 1.82) is 5.26 Å². The summed E-state index contributed by atoms with van der Waals surface area (Å²) in [5.74, 6) is 0.711. The molecule has 0 unspecified atom stereocenters. The van der Waals surface area contributed by atoms with E-state index in [1.54, 1.807) is 13.2 Å². The second-order valence-electron chi connectivity index (χ2n) is 4.08. The van der Waals surface area contributed by atoms with Crippen LogP contribution in [-0.2, 0) is 4.74 Å². The Hall–Kier alpha value is -1.44. The minimum Gasteiger partial charge on any atom is -0.497 e. The quantitative estimate of drug-likeness (QED) is 0.893. The average Bonchev–Trinajstić information content (AvgIpc) is 2.30. The molecule has 1 aromatic rings. The Morgan fingerprint density at radius 2 is 2.35 bits per heavy atom. The average molecular weight is 253 g/mol. The van der Waals surface area contributed by atoms with E-state index in [0.29, 0.717) is 30.5 Å². The van der Waals surface area contributed by atoms with Crippen molar-refractivity contribution in [3.63, 3.8) is 0 Å². The van der Waals surface area contributed by atoms with Crippen LogP contribution in [0.2, 0.25) is 5.02 Å². The molecule has 1 aliphatic rings. The molecule has 0 aliphatic carbocycles. The molecule has 1 fully saturated rings. The van der Waals surface area contributed by atoms with Gasteiger partial charge in [0.05, 0.1) is 37.1 Å². The monoisotopic (exact) mass is 252 g/mol. The third kappa shape index (κ3) is 2.46. The summed E-state index contributed by atoms with van der Waals surface area (Å²) in [6.07, 6.45) is 0. The summed E-state index contributed by atoms with van der Waals surface area (Å²) in [6, 6.07) is 7.67. The smallest absolute Gasteiger partial charge is 0.121 e. The van der Waals surface area contributed by atoms with E-state index >= 15 is 0 Å². The molecule has 1 aromatic carbocycles. The molecule has 0 amide bonds. The second kappa shape index (κ2) is 4.82. The predicted octanol–water partition coefficient (Wildman–Crippen LogP) is 2.30. The second-order valence-corrected chi connectivity index (χ2v) is 4.49. The van der Waals surface area contributed by atoms with Gasteiger partial charge in [-0.1, -0.05) is 11.6 Å². The largest absolute Gasteiger partial charge is 0.497 e. The highest BCUT2D eigenvalue weighted by Gasteiger charge is 2.38. The number of hydrogen-bond donors (Lipinski definition) is 1. The van der Waals surface area contributed by atoms with Crippen LogP contribution >= 0.6 is 11.6 Å². The zero-order valence-corrected chi connectivity index (χ0v) is 10.3. The highest BCUT2D eigenvalue weighted by molar-refractivity contribution is 6.33. The van der Waals surface area contributed by atoms with Crippen LogP contribution in [0.15, 0.2) is 18.2 Å². The molecule has 0 saturated carbocycles. The highest BCUT2D eigenvalue weighted by atomic mass is 35.5. The lowest BCUT2D eigenvalue weighted by atomic mass is 9.88. The predicted molar refractivity (Wildman–Crippen MR) is 65.4 cm³/mol. The first-order valence-electron chi connectivity index (χ1n) is 5.25. The van der Waals surface area contributed by atoms with Crippen LogP contribution in [0.25, 0.3) is 0 Å². The molecule has 2 rings (SSSR count). The number of nitrogens with one attached hydrogen (secondary N) is 1. The highest BCUT2D eigenvalue weighted by Crippen LogP contribution is 2.30. The van der Waals surface area contributed by atoms with Gasteiger partial charge in [0.1, 0.15) is 11.2 Å². The summed E-state index contributed by atoms with van der Waals surface area (Å²) in [5.41, 5.74) is 0.387. The first kappa shape index (κ1) is 12.0. The lowest BCUT2D eigenvalue weighted by molar-refractivity contribution is -0.0690. The molecule has 1 saturated heterocycles. The zero-order chi connectivity index (χ0) is 12.3. The summed E-state index contributed by atoms with van der Waals surface area (Å²) < 4.78 is 10.1. The van der Waals surface area contributed by atoms with Crippen molar-refractivity contribution < 1.29 is 9.47 Å². The first-order valence-corrected chi connectivity index (χ1v) is 5.63. The number of halogens is 1. The maximum atomic E-state index is 9.04. The van der Waals surface area contributed by atoms with Crippen molar-refractivity contribution in [2.24, 2.45) is 5.41 Å². The molecular weight excluding hydrogens is 240 g/mol. The van der Waals surface area contributed by atoms with Gasteiger partial charge in [0.15, 0.2) is 0 Å². The van der Waals surface area contributed by atoms with E-state index in [9.17, 15) is 0 Å². The minimum atomic E-state index is -0.413. The maximum absolute atomic E-state index is 9.04. The number of hydrogen-bond acceptors (Lipinski definition) is 4. The van der Waals surface area contributed by atoms with Crippen LogP contribution in [0.4, 0.5) is 5.69 Å². The Morgan fingerprint density at radius 3 is 2.82 bits per heavy atom. The van der Waals surface area contributed by atoms with Gasteiger partial charge in [-0.3, -0.25) is 0 Å². The Labute approximate surface area is 105 Å². The van der Waals surface area contributed by atoms with Gasteiger partial charge in [0, 0.05) is 12.6 Å². The Morgan fingerprint density at radius 1 is 1.59 bits per heavy atom. The number of nitriles is 1. The summed E-state index contributed by atoms with van der Waals surface area (Å²) in [7, 11) is 1.59. The number of benzene rings is 1. The van der Waals surface area contributed by atoms with E-state index in [0.717, 1.165) is 5.69 Å². The van der Waals surface area contributed by atoms with Crippen molar-refractivity contribution in [2.75, 3.05) is 32.2 Å². The molecule has 1 N–H and O–H groups in total. The molecule has 17 heavy (non-hydrogen) atoms. The molecule has 0 atom stereocenters. The molecule has 0 aromatic heterocycles. The normalized spacial score (nSPS) is 16.8. The molecule has 1 heterocycles. The third-order valence-corrected chi connectivity index (χ3v) is 3.10. The summed E-state index contributed by atoms with van der Waals surface area (Å²) in [5, 5.41) is 12.8. The minimum absolute atomic E-state index is 0.413. The van der Waals surface area contributed by atoms with Crippen LogP contribution in [0.1, 0.15) is 0 Å². The zero-order valence-electron chi connectivity index (χ0n) is 9.50. The van der Waals surface area contributed by atoms with Crippen LogP contribution in [0.5, 0.6) is 5.75 Å². The molecule has 4 nitrogen and oxygen atoms in total. The van der Waals surface area contributed by atoms with Crippen LogP contribution in [0, 0.1) is 16.7 Å². The Bertz CT molecular complexity index is 452. The van der Waals surface area contributed by atoms with Crippen molar-refractivity contribution in [3.8, 4) is 11.8 Å². The lowest BCUT2D eigenvalue weighted by Gasteiger charge is -2.35. The molecule has 90 valence electrons. The van der Waals surface area contributed by atoms with Crippen molar-refractivity contribution in [1.82, 2.24) is 0 Å². The van der Waals surface area contributed by atoms with E-state index < -0.39 is 5.41 Å². The number of nitrogens with zero attached hydrogens (tertiary/aromatic N) is 1. The van der Waals surface area contributed by atoms with Crippen LogP contribution in [-0.4, -0.2) is 26.9 Å². The van der Waals surface area contributed by atoms with Gasteiger partial charge < -0.3 is 14.8 Å². The molecule has 0 spiro atoms. The van der Waals surface area contributed by atoms with Crippen molar-refractivity contribution in [3.05, 3.63) is 23.2 Å². The van der Waals surface area contributed by atoms with Gasteiger partial charge >= 0.3 is 0 Å². The van der Waals surface area contributed by atoms with Crippen molar-refractivity contribution in [2.45, 2.75) is 0 Å². The van der Waals surface area contributed by atoms with Gasteiger partial charge in [-0.15, -0.1) is 0 Å². The van der Waals surface area contributed by atoms with Gasteiger partial charge in [-0.05, 0) is 12.1 Å². The van der Waals surface area contributed by atoms with Gasteiger partial charge in [-0.25, -0.2) is 0 Å². The summed E-state index contributed by atoms with van der Waals surface area (Å²) in [6.45, 7) is 1.49. The number of ether oxygens (including phenoxy) is 2. The molecular formula is C12H13ClN2O2. The number of methoxy groups -OCH3 is 1. The van der Waals surface area contributed by atoms with E-state index in [4.69, 9.17) is 26.3 Å². The lowest BCUT2D eigenvalue weighted by Crippen LogP contribution is -2.46. The van der Waals surface area contributed by atoms with Crippen LogP contribution in [0.3, 0.4) is 0 Å². The third-order valence-electron chi connectivity index (χ3n) is 2.79.